The van der Waals surface area contributed by atoms with E-state index in [1.165, 1.54) is 6.92 Å². The number of carboxylic acid groups (broad SMARTS) is 5. The number of hydrogen-bond donors (Lipinski definition) is 17. The first-order valence-electron chi connectivity index (χ1n) is 22.4. The van der Waals surface area contributed by atoms with E-state index in [0.29, 0.717) is 0 Å². The molecule has 0 aliphatic carbocycles. The number of carboxylic acids is 5. The number of nitrogens with two attached hydrogens (primary N) is 2. The molecule has 9 atom stereocenters. The van der Waals surface area contributed by atoms with Crippen molar-refractivity contribution in [2.75, 3.05) is 6.61 Å². The van der Waals surface area contributed by atoms with E-state index in [1.54, 1.807) is 0 Å². The zero-order chi connectivity index (χ0) is 57.0. The number of amides is 11. The standard InChI is InChI=1S/C41H63N11O22/c1-17(33(43)66)44-35(68)22(8-12-29(58)59)49-37(70)20(5-4-6-28(56)57)48-38(71)23(9-13-30(60)61)47-34(67)18(2)45-36(69)21(7-11-27(42)55)50-40(73)25(15-32(64)65)52-39(72)24(10-14-31(62)63)51-41(74)26(16-53)46-19(3)54/h17-18,20-26,53H,4-16H2,1-3H3,(H2,42,55)(H2,43,66)(H,44,68)(H,45,69)(H,46,54)(H,47,67)(H,48,71)(H,49,70)(H,50,73)(H,51,74)(H,52,72)(H,56,57)(H,58,59)(H,60,61)(H,62,63)(H,64,65)/t17-,18-,20-,21-,22-,23-,24-,25-,26-/m1/s1. The van der Waals surface area contributed by atoms with Crippen LogP contribution in [0, 0.1) is 0 Å². The van der Waals surface area contributed by atoms with Crippen LogP contribution in [0.2, 0.25) is 0 Å². The smallest absolute Gasteiger partial charge is 0.305 e. The van der Waals surface area contributed by atoms with Gasteiger partial charge in [0.15, 0.2) is 0 Å². The lowest BCUT2D eigenvalue weighted by molar-refractivity contribution is -0.142. The highest BCUT2D eigenvalue weighted by atomic mass is 16.4. The highest BCUT2D eigenvalue weighted by Gasteiger charge is 2.35. The molecule has 0 aromatic carbocycles. The van der Waals surface area contributed by atoms with E-state index in [2.05, 4.69) is 42.5 Å². The molecule has 0 aromatic heterocycles. The molecule has 33 heteroatoms. The van der Waals surface area contributed by atoms with E-state index in [1.807, 2.05) is 5.32 Å². The van der Waals surface area contributed by atoms with Crippen molar-refractivity contribution in [3.05, 3.63) is 0 Å². The molecule has 0 bridgehead atoms. The van der Waals surface area contributed by atoms with Crippen LogP contribution in [0.15, 0.2) is 0 Å². The van der Waals surface area contributed by atoms with Gasteiger partial charge in [-0.15, -0.1) is 0 Å². The molecule has 11 amide bonds. The number of nitrogens with one attached hydrogen (secondary N) is 9. The van der Waals surface area contributed by atoms with Crippen molar-refractivity contribution in [3.63, 3.8) is 0 Å². The van der Waals surface area contributed by atoms with Crippen LogP contribution in [0.5, 0.6) is 0 Å². The van der Waals surface area contributed by atoms with E-state index in [-0.39, 0.29) is 6.42 Å². The van der Waals surface area contributed by atoms with E-state index in [9.17, 15) is 107 Å². The highest BCUT2D eigenvalue weighted by Crippen LogP contribution is 2.09. The van der Waals surface area contributed by atoms with Crippen LogP contribution in [0.25, 0.3) is 0 Å². The Balaban J connectivity index is 6.64. The first-order valence-corrected chi connectivity index (χ1v) is 22.4. The Morgan fingerprint density at radius 1 is 0.365 bits per heavy atom. The third kappa shape index (κ3) is 27.2. The molecule has 0 aliphatic rings. The third-order valence-electron chi connectivity index (χ3n) is 10.1. The van der Waals surface area contributed by atoms with Crippen molar-refractivity contribution in [2.45, 2.75) is 152 Å². The number of primary amides is 2. The van der Waals surface area contributed by atoms with Crippen molar-refractivity contribution >= 4 is 94.8 Å². The zero-order valence-corrected chi connectivity index (χ0v) is 40.3. The number of aliphatic hydroxyl groups excluding tert-OH is 1. The summed E-state index contributed by atoms with van der Waals surface area (Å²) < 4.78 is 0. The van der Waals surface area contributed by atoms with Gasteiger partial charge in [0.25, 0.3) is 0 Å². The Morgan fingerprint density at radius 3 is 1.01 bits per heavy atom. The molecule has 74 heavy (non-hydrogen) atoms. The van der Waals surface area contributed by atoms with Crippen molar-refractivity contribution in [3.8, 4) is 0 Å². The summed E-state index contributed by atoms with van der Waals surface area (Å²) in [4.78, 5) is 199. The van der Waals surface area contributed by atoms with Crippen LogP contribution in [-0.2, 0) is 76.7 Å². The Labute approximate surface area is 419 Å². The lowest BCUT2D eigenvalue weighted by atomic mass is 10.0. The van der Waals surface area contributed by atoms with Crippen LogP contribution in [0.3, 0.4) is 0 Å². The van der Waals surface area contributed by atoms with Crippen LogP contribution in [0.4, 0.5) is 0 Å². The summed E-state index contributed by atoms with van der Waals surface area (Å²) >= 11 is 0. The van der Waals surface area contributed by atoms with Gasteiger partial charge in [-0.25, -0.2) is 0 Å². The van der Waals surface area contributed by atoms with Gasteiger partial charge in [-0.2, -0.15) is 0 Å². The normalized spacial score (nSPS) is 14.3. The summed E-state index contributed by atoms with van der Waals surface area (Å²) in [5.74, 6) is -20.3. The summed E-state index contributed by atoms with van der Waals surface area (Å²) in [5, 5.41) is 75.2. The van der Waals surface area contributed by atoms with Crippen molar-refractivity contribution < 1.29 is 107 Å². The number of aliphatic hydroxyl groups is 1. The van der Waals surface area contributed by atoms with Gasteiger partial charge in [-0.1, -0.05) is 0 Å². The quantitative estimate of drug-likeness (QED) is 0.0275. The zero-order valence-electron chi connectivity index (χ0n) is 40.3. The first kappa shape index (κ1) is 65.5. The molecule has 0 saturated carbocycles. The van der Waals surface area contributed by atoms with Gasteiger partial charge >= 0.3 is 29.8 Å². The molecule has 33 nitrogen and oxygen atoms in total. The molecular formula is C41H63N11O22. The first-order chi connectivity index (χ1) is 34.4. The van der Waals surface area contributed by atoms with Gasteiger partial charge in [0.2, 0.25) is 65.0 Å². The second kappa shape index (κ2) is 33.2. The minimum Gasteiger partial charge on any atom is -0.481 e. The van der Waals surface area contributed by atoms with Crippen molar-refractivity contribution in [1.82, 2.24) is 47.9 Å². The molecule has 0 saturated heterocycles. The van der Waals surface area contributed by atoms with E-state index in [4.69, 9.17) is 11.5 Å². The van der Waals surface area contributed by atoms with E-state index >= 15 is 0 Å². The summed E-state index contributed by atoms with van der Waals surface area (Å²) in [6.07, 6.45) is -8.06. The summed E-state index contributed by atoms with van der Waals surface area (Å²) in [6, 6.07) is -15.8. The predicted molar refractivity (Wildman–Crippen MR) is 243 cm³/mol. The second-order valence-electron chi connectivity index (χ2n) is 16.4. The van der Waals surface area contributed by atoms with E-state index in [0.717, 1.165) is 13.8 Å². The predicted octanol–water partition coefficient (Wildman–Crippen LogP) is -7.52. The summed E-state index contributed by atoms with van der Waals surface area (Å²) in [7, 11) is 0. The maximum atomic E-state index is 13.7. The van der Waals surface area contributed by atoms with Gasteiger partial charge < -0.3 is 90.0 Å². The van der Waals surface area contributed by atoms with Crippen LogP contribution < -0.4 is 59.3 Å². The second-order valence-corrected chi connectivity index (χ2v) is 16.4. The van der Waals surface area contributed by atoms with Gasteiger partial charge in [0.05, 0.1) is 13.0 Å². The molecular weight excluding hydrogens is 999 g/mol. The lowest BCUT2D eigenvalue weighted by Crippen LogP contribution is -2.60. The monoisotopic (exact) mass is 1060 g/mol. The molecule has 414 valence electrons. The Morgan fingerprint density at radius 2 is 0.676 bits per heavy atom. The van der Waals surface area contributed by atoms with Crippen molar-refractivity contribution in [2.24, 2.45) is 11.5 Å². The average molecular weight is 1060 g/mol. The third-order valence-corrected chi connectivity index (χ3v) is 10.1. The number of carbonyl (C=O) groups excluding carboxylic acids is 11. The molecule has 0 unspecified atom stereocenters. The number of hydrogen-bond acceptors (Lipinski definition) is 17. The Kier molecular flexibility index (Phi) is 29.4. The molecule has 0 spiro atoms. The summed E-state index contributed by atoms with van der Waals surface area (Å²) in [5.41, 5.74) is 10.4. The van der Waals surface area contributed by atoms with Gasteiger partial charge in [-0.05, 0) is 52.4 Å². The fraction of sp³-hybridized carbons (Fsp3) is 0.610. The fourth-order valence-corrected chi connectivity index (χ4v) is 6.14. The van der Waals surface area contributed by atoms with Crippen LogP contribution >= 0.6 is 0 Å². The molecule has 0 rings (SSSR count). The fourth-order valence-electron chi connectivity index (χ4n) is 6.14. The molecule has 0 heterocycles. The van der Waals surface area contributed by atoms with E-state index < -0.39 is 226 Å². The molecule has 0 aromatic rings. The average Bonchev–Trinajstić information content (AvgIpc) is 3.28. The van der Waals surface area contributed by atoms with Gasteiger partial charge in [0, 0.05) is 39.0 Å². The number of rotatable bonds is 37. The maximum Gasteiger partial charge on any atom is 0.305 e. The number of carbonyl (C=O) groups is 16. The Bertz CT molecular complexity index is 2120. The number of aliphatic carboxylic acids is 5. The topological polar surface area (TPSA) is 555 Å². The SMILES string of the molecule is CC(=O)N[C@H](CO)C(=O)N[C@H](CCC(=O)O)C(=O)N[C@H](CC(=O)O)C(=O)N[C@H](CCC(N)=O)C(=O)N[C@H](C)C(=O)N[C@H](CCC(=O)O)C(=O)N[C@H](CCCC(=O)O)C(=O)N[C@H](CCC(=O)O)C(=O)N[C@H](C)C(N)=O. The minimum atomic E-state index is -2.11. The van der Waals surface area contributed by atoms with Gasteiger partial charge in [0.1, 0.15) is 54.4 Å². The van der Waals surface area contributed by atoms with Crippen LogP contribution in [-0.4, -0.2) is 186 Å². The molecule has 0 fully saturated rings. The molecule has 0 aliphatic heterocycles. The maximum absolute atomic E-state index is 13.7. The summed E-state index contributed by atoms with van der Waals surface area (Å²) in [6.45, 7) is 2.20. The van der Waals surface area contributed by atoms with Gasteiger partial charge in [-0.3, -0.25) is 76.7 Å². The largest absolute Gasteiger partial charge is 0.481 e. The minimum absolute atomic E-state index is 0.303. The highest BCUT2D eigenvalue weighted by molar-refractivity contribution is 5.99. The van der Waals surface area contributed by atoms with Crippen molar-refractivity contribution in [1.29, 1.82) is 0 Å². The lowest BCUT2D eigenvalue weighted by Gasteiger charge is -2.27. The molecule has 0 radical (unpaired) electrons. The molecule has 19 N–H and O–H groups in total. The van der Waals surface area contributed by atoms with Crippen LogP contribution in [0.1, 0.15) is 97.8 Å². The Hall–Kier alpha value is -8.52.